The summed E-state index contributed by atoms with van der Waals surface area (Å²) in [5.74, 6) is 1.34. The van der Waals surface area contributed by atoms with Gasteiger partial charge in [0.2, 0.25) is 0 Å². The number of hydrogen-bond donors (Lipinski definition) is 1. The van der Waals surface area contributed by atoms with Crippen LogP contribution in [-0.2, 0) is 0 Å². The molecule has 0 fully saturated rings. The normalized spacial score (nSPS) is 10.8. The van der Waals surface area contributed by atoms with E-state index >= 15 is 0 Å². The van der Waals surface area contributed by atoms with Gasteiger partial charge in [0.05, 0.1) is 12.4 Å². The first-order valence-corrected chi connectivity index (χ1v) is 5.60. The fourth-order valence-corrected chi connectivity index (χ4v) is 1.45. The Morgan fingerprint density at radius 2 is 1.94 bits per heavy atom. The van der Waals surface area contributed by atoms with Gasteiger partial charge in [0.1, 0.15) is 11.6 Å². The minimum Gasteiger partial charge on any atom is -0.382 e. The number of likely N-dealkylation sites (N-methyl/N-ethyl adjacent to an activating group) is 1. The molecular weight excluding hydrogens is 202 g/mol. The molecule has 0 radical (unpaired) electrons. The number of anilines is 2. The number of aromatic nitrogens is 2. The van der Waals surface area contributed by atoms with Gasteiger partial charge >= 0.3 is 0 Å². The number of nitrogens with two attached hydrogens (primary N) is 1. The monoisotopic (exact) mass is 223 g/mol. The molecule has 0 unspecified atom stereocenters. The summed E-state index contributed by atoms with van der Waals surface area (Å²) >= 11 is 0. The van der Waals surface area contributed by atoms with Crippen LogP contribution in [0.15, 0.2) is 12.4 Å². The van der Waals surface area contributed by atoms with Crippen molar-refractivity contribution in [3.63, 3.8) is 0 Å². The first kappa shape index (κ1) is 12.7. The molecule has 0 aliphatic rings. The number of nitrogens with zero attached hydrogens (tertiary/aromatic N) is 4. The van der Waals surface area contributed by atoms with Crippen molar-refractivity contribution in [3.8, 4) is 0 Å². The molecule has 1 rings (SSSR count). The van der Waals surface area contributed by atoms with E-state index in [0.29, 0.717) is 5.82 Å². The van der Waals surface area contributed by atoms with Crippen molar-refractivity contribution in [1.29, 1.82) is 0 Å². The molecule has 0 aliphatic heterocycles. The van der Waals surface area contributed by atoms with Gasteiger partial charge in [0.25, 0.3) is 0 Å². The topological polar surface area (TPSA) is 58.3 Å². The van der Waals surface area contributed by atoms with Crippen molar-refractivity contribution in [3.05, 3.63) is 12.4 Å². The Bertz CT molecular complexity index is 313. The highest BCUT2D eigenvalue weighted by atomic mass is 15.2. The van der Waals surface area contributed by atoms with Crippen LogP contribution in [0, 0.1) is 0 Å². The standard InChI is InChI=1S/C11H21N5/c1-4-5-16(7-6-15(2)3)11-9-13-8-10(12)14-11/h8-9H,4-7H2,1-3H3,(H2,12,14). The highest BCUT2D eigenvalue weighted by Crippen LogP contribution is 2.10. The minimum atomic E-state index is 0.475. The molecule has 1 aromatic rings. The summed E-state index contributed by atoms with van der Waals surface area (Å²) in [4.78, 5) is 12.7. The lowest BCUT2D eigenvalue weighted by Gasteiger charge is -2.24. The quantitative estimate of drug-likeness (QED) is 0.774. The largest absolute Gasteiger partial charge is 0.382 e. The Morgan fingerprint density at radius 1 is 1.19 bits per heavy atom. The van der Waals surface area contributed by atoms with E-state index in [4.69, 9.17) is 5.73 Å². The summed E-state index contributed by atoms with van der Waals surface area (Å²) in [6.45, 7) is 5.07. The molecule has 1 heterocycles. The van der Waals surface area contributed by atoms with Gasteiger partial charge in [0, 0.05) is 19.6 Å². The fourth-order valence-electron chi connectivity index (χ4n) is 1.45. The second kappa shape index (κ2) is 6.27. The second-order valence-electron chi connectivity index (χ2n) is 4.09. The fraction of sp³-hybridized carbons (Fsp3) is 0.636. The van der Waals surface area contributed by atoms with Crippen LogP contribution in [0.1, 0.15) is 13.3 Å². The van der Waals surface area contributed by atoms with E-state index in [-0.39, 0.29) is 0 Å². The average molecular weight is 223 g/mol. The second-order valence-corrected chi connectivity index (χ2v) is 4.09. The van der Waals surface area contributed by atoms with Crippen molar-refractivity contribution in [2.45, 2.75) is 13.3 Å². The van der Waals surface area contributed by atoms with Gasteiger partial charge in [-0.05, 0) is 20.5 Å². The lowest BCUT2D eigenvalue weighted by Crippen LogP contribution is -2.33. The highest BCUT2D eigenvalue weighted by Gasteiger charge is 2.07. The third-order valence-corrected chi connectivity index (χ3v) is 2.28. The van der Waals surface area contributed by atoms with Crippen molar-refractivity contribution in [2.24, 2.45) is 0 Å². The molecule has 0 amide bonds. The molecule has 0 aliphatic carbocycles. The zero-order valence-electron chi connectivity index (χ0n) is 10.3. The first-order chi connectivity index (χ1) is 7.63. The third kappa shape index (κ3) is 4.02. The van der Waals surface area contributed by atoms with Crippen LogP contribution in [0.5, 0.6) is 0 Å². The molecule has 16 heavy (non-hydrogen) atoms. The summed E-state index contributed by atoms with van der Waals surface area (Å²) in [6.07, 6.45) is 4.42. The van der Waals surface area contributed by atoms with E-state index < -0.39 is 0 Å². The van der Waals surface area contributed by atoms with E-state index in [2.05, 4.69) is 40.8 Å². The van der Waals surface area contributed by atoms with Crippen molar-refractivity contribution >= 4 is 11.6 Å². The van der Waals surface area contributed by atoms with Crippen LogP contribution >= 0.6 is 0 Å². The minimum absolute atomic E-state index is 0.475. The SMILES string of the molecule is CCCN(CCN(C)C)c1cncc(N)n1. The van der Waals surface area contributed by atoms with Crippen molar-refractivity contribution < 1.29 is 0 Å². The van der Waals surface area contributed by atoms with Gasteiger partial charge < -0.3 is 15.5 Å². The van der Waals surface area contributed by atoms with Crippen molar-refractivity contribution in [2.75, 3.05) is 44.4 Å². The Morgan fingerprint density at radius 3 is 2.50 bits per heavy atom. The van der Waals surface area contributed by atoms with Gasteiger partial charge in [-0.15, -0.1) is 0 Å². The van der Waals surface area contributed by atoms with Crippen molar-refractivity contribution in [1.82, 2.24) is 14.9 Å². The summed E-state index contributed by atoms with van der Waals surface area (Å²) < 4.78 is 0. The van der Waals surface area contributed by atoms with Crippen LogP contribution in [0.2, 0.25) is 0 Å². The number of hydrogen-bond acceptors (Lipinski definition) is 5. The van der Waals surface area contributed by atoms with Gasteiger partial charge in [-0.1, -0.05) is 6.92 Å². The molecule has 2 N–H and O–H groups in total. The molecule has 5 heteroatoms. The number of nitrogen functional groups attached to an aromatic ring is 1. The van der Waals surface area contributed by atoms with Crippen LogP contribution in [0.4, 0.5) is 11.6 Å². The lowest BCUT2D eigenvalue weighted by atomic mass is 10.4. The molecule has 0 atom stereocenters. The Labute approximate surface area is 97.3 Å². The Balaban J connectivity index is 2.68. The maximum absolute atomic E-state index is 5.64. The van der Waals surface area contributed by atoms with E-state index in [9.17, 15) is 0 Å². The molecule has 0 saturated heterocycles. The molecule has 0 saturated carbocycles. The smallest absolute Gasteiger partial charge is 0.149 e. The number of rotatable bonds is 6. The van der Waals surface area contributed by atoms with E-state index in [1.165, 1.54) is 0 Å². The predicted molar refractivity (Wildman–Crippen MR) is 67.5 cm³/mol. The molecule has 1 aromatic heterocycles. The predicted octanol–water partition coefficient (Wildman–Crippen LogP) is 0.837. The van der Waals surface area contributed by atoms with Crippen LogP contribution in [0.25, 0.3) is 0 Å². The Kier molecular flexibility index (Phi) is 4.98. The molecule has 90 valence electrons. The summed E-state index contributed by atoms with van der Waals surface area (Å²) in [5, 5.41) is 0. The zero-order chi connectivity index (χ0) is 12.0. The van der Waals surface area contributed by atoms with E-state index in [1.54, 1.807) is 12.4 Å². The molecule has 0 spiro atoms. The average Bonchev–Trinajstić information content (AvgIpc) is 2.24. The lowest BCUT2D eigenvalue weighted by molar-refractivity contribution is 0.412. The van der Waals surface area contributed by atoms with Gasteiger partial charge in [-0.2, -0.15) is 0 Å². The summed E-state index contributed by atoms with van der Waals surface area (Å²) in [5.41, 5.74) is 5.64. The summed E-state index contributed by atoms with van der Waals surface area (Å²) in [7, 11) is 4.13. The maximum atomic E-state index is 5.64. The first-order valence-electron chi connectivity index (χ1n) is 5.60. The molecule has 0 bridgehead atoms. The third-order valence-electron chi connectivity index (χ3n) is 2.28. The van der Waals surface area contributed by atoms with Gasteiger partial charge in [-0.25, -0.2) is 4.98 Å². The van der Waals surface area contributed by atoms with Crippen LogP contribution < -0.4 is 10.6 Å². The Hall–Kier alpha value is -1.36. The molecular formula is C11H21N5. The molecule has 5 nitrogen and oxygen atoms in total. The summed E-state index contributed by atoms with van der Waals surface area (Å²) in [6, 6.07) is 0. The molecule has 0 aromatic carbocycles. The van der Waals surface area contributed by atoms with Gasteiger partial charge in [0.15, 0.2) is 0 Å². The van der Waals surface area contributed by atoms with Crippen LogP contribution in [-0.4, -0.2) is 48.6 Å². The van der Waals surface area contributed by atoms with E-state index in [1.807, 2.05) is 0 Å². The zero-order valence-corrected chi connectivity index (χ0v) is 10.3. The van der Waals surface area contributed by atoms with E-state index in [0.717, 1.165) is 31.9 Å². The van der Waals surface area contributed by atoms with Crippen LogP contribution in [0.3, 0.4) is 0 Å². The highest BCUT2D eigenvalue weighted by molar-refractivity contribution is 5.41. The van der Waals surface area contributed by atoms with Gasteiger partial charge in [-0.3, -0.25) is 4.98 Å². The maximum Gasteiger partial charge on any atom is 0.149 e.